The summed E-state index contributed by atoms with van der Waals surface area (Å²) in [4.78, 5) is 16.0. The highest BCUT2D eigenvalue weighted by atomic mass is 35.5. The van der Waals surface area contributed by atoms with Gasteiger partial charge in [-0.1, -0.05) is 11.6 Å². The Labute approximate surface area is 110 Å². The van der Waals surface area contributed by atoms with Crippen LogP contribution in [0, 0.1) is 0 Å². The zero-order valence-electron chi connectivity index (χ0n) is 9.85. The summed E-state index contributed by atoms with van der Waals surface area (Å²) in [6, 6.07) is 4.75. The Kier molecular flexibility index (Phi) is 3.53. The number of aryl methyl sites for hydroxylation is 1. The van der Waals surface area contributed by atoms with E-state index in [9.17, 15) is 4.79 Å². The van der Waals surface area contributed by atoms with Gasteiger partial charge in [-0.05, 0) is 18.2 Å². The second-order valence-corrected chi connectivity index (χ2v) is 4.35. The molecule has 0 radical (unpaired) electrons. The summed E-state index contributed by atoms with van der Waals surface area (Å²) in [5.41, 5.74) is 6.53. The molecule has 1 heterocycles. The summed E-state index contributed by atoms with van der Waals surface area (Å²) in [7, 11) is 1.87. The van der Waals surface area contributed by atoms with E-state index in [0.29, 0.717) is 22.8 Å². The first-order chi connectivity index (χ1) is 8.56. The minimum Gasteiger partial charge on any atom is -0.399 e. The van der Waals surface area contributed by atoms with Crippen molar-refractivity contribution in [2.75, 3.05) is 5.73 Å². The van der Waals surface area contributed by atoms with E-state index in [4.69, 9.17) is 17.3 Å². The molecule has 0 spiro atoms. The fourth-order valence-corrected chi connectivity index (χ4v) is 1.82. The van der Waals surface area contributed by atoms with E-state index in [1.54, 1.807) is 24.4 Å². The highest BCUT2D eigenvalue weighted by molar-refractivity contribution is 6.31. The molecule has 1 aromatic heterocycles. The maximum Gasteiger partial charge on any atom is 0.251 e. The first kappa shape index (κ1) is 12.4. The van der Waals surface area contributed by atoms with E-state index in [0.717, 1.165) is 5.82 Å². The Morgan fingerprint density at radius 2 is 2.28 bits per heavy atom. The lowest BCUT2D eigenvalue weighted by atomic mass is 10.2. The lowest BCUT2D eigenvalue weighted by Crippen LogP contribution is -2.24. The van der Waals surface area contributed by atoms with Crippen LogP contribution in [0.3, 0.4) is 0 Å². The SMILES string of the molecule is Cn1ccnc1CNC(=O)c1cc(N)cc(Cl)c1. The number of amides is 1. The molecule has 0 saturated carbocycles. The molecule has 1 amide bonds. The Balaban J connectivity index is 2.06. The second kappa shape index (κ2) is 5.10. The van der Waals surface area contributed by atoms with Crippen LogP contribution in [-0.4, -0.2) is 15.5 Å². The smallest absolute Gasteiger partial charge is 0.251 e. The first-order valence-corrected chi connectivity index (χ1v) is 5.74. The Bertz CT molecular complexity index is 559. The summed E-state index contributed by atoms with van der Waals surface area (Å²) < 4.78 is 1.84. The number of aromatic nitrogens is 2. The van der Waals surface area contributed by atoms with Crippen LogP contribution in [0.15, 0.2) is 30.6 Å². The average Bonchev–Trinajstić information content (AvgIpc) is 2.70. The number of nitrogen functional groups attached to an aromatic ring is 1. The summed E-state index contributed by atoms with van der Waals surface area (Å²) in [5.74, 6) is 0.547. The van der Waals surface area contributed by atoms with E-state index < -0.39 is 0 Å². The number of hydrogen-bond acceptors (Lipinski definition) is 3. The molecule has 0 saturated heterocycles. The summed E-state index contributed by atoms with van der Waals surface area (Å²) in [6.07, 6.45) is 3.50. The number of nitrogens with zero attached hydrogens (tertiary/aromatic N) is 2. The fourth-order valence-electron chi connectivity index (χ4n) is 1.57. The van der Waals surface area contributed by atoms with Gasteiger partial charge in [0.1, 0.15) is 5.82 Å². The quantitative estimate of drug-likeness (QED) is 0.827. The van der Waals surface area contributed by atoms with Gasteiger partial charge in [-0.2, -0.15) is 0 Å². The Morgan fingerprint density at radius 3 is 2.89 bits per heavy atom. The molecule has 6 heteroatoms. The molecule has 0 atom stereocenters. The van der Waals surface area contributed by atoms with Crippen LogP contribution in [0.4, 0.5) is 5.69 Å². The molecule has 0 aliphatic carbocycles. The van der Waals surface area contributed by atoms with Crippen molar-refractivity contribution in [1.29, 1.82) is 0 Å². The average molecular weight is 265 g/mol. The van der Waals surface area contributed by atoms with Crippen LogP contribution in [0.5, 0.6) is 0 Å². The summed E-state index contributed by atoms with van der Waals surface area (Å²) in [5, 5.41) is 3.20. The monoisotopic (exact) mass is 264 g/mol. The lowest BCUT2D eigenvalue weighted by molar-refractivity contribution is 0.0949. The summed E-state index contributed by atoms with van der Waals surface area (Å²) >= 11 is 5.84. The molecule has 18 heavy (non-hydrogen) atoms. The number of nitrogens with two attached hydrogens (primary N) is 1. The van der Waals surface area contributed by atoms with Crippen molar-refractivity contribution in [3.8, 4) is 0 Å². The highest BCUT2D eigenvalue weighted by Gasteiger charge is 2.08. The lowest BCUT2D eigenvalue weighted by Gasteiger charge is -2.06. The third-order valence-electron chi connectivity index (χ3n) is 2.51. The van der Waals surface area contributed by atoms with Crippen LogP contribution in [0.25, 0.3) is 0 Å². The van der Waals surface area contributed by atoms with Gasteiger partial charge < -0.3 is 15.6 Å². The van der Waals surface area contributed by atoms with Gasteiger partial charge in [0.25, 0.3) is 5.91 Å². The Hall–Kier alpha value is -2.01. The second-order valence-electron chi connectivity index (χ2n) is 3.91. The molecule has 0 aliphatic rings. The molecule has 0 aliphatic heterocycles. The largest absolute Gasteiger partial charge is 0.399 e. The zero-order valence-corrected chi connectivity index (χ0v) is 10.6. The molecular weight excluding hydrogens is 252 g/mol. The molecule has 5 nitrogen and oxygen atoms in total. The van der Waals surface area contributed by atoms with Crippen LogP contribution in [0.2, 0.25) is 5.02 Å². The molecule has 2 aromatic rings. The van der Waals surface area contributed by atoms with Gasteiger partial charge in [-0.3, -0.25) is 4.79 Å². The van der Waals surface area contributed by atoms with Gasteiger partial charge in [0, 0.05) is 35.7 Å². The van der Waals surface area contributed by atoms with Crippen molar-refractivity contribution >= 4 is 23.2 Å². The van der Waals surface area contributed by atoms with Crippen molar-refractivity contribution in [3.63, 3.8) is 0 Å². The normalized spacial score (nSPS) is 10.3. The number of hydrogen-bond donors (Lipinski definition) is 2. The van der Waals surface area contributed by atoms with Crippen molar-refractivity contribution in [2.24, 2.45) is 7.05 Å². The predicted octanol–water partition coefficient (Wildman–Crippen LogP) is 1.59. The van der Waals surface area contributed by atoms with Gasteiger partial charge in [-0.25, -0.2) is 4.98 Å². The Morgan fingerprint density at radius 1 is 1.50 bits per heavy atom. The van der Waals surface area contributed by atoms with E-state index in [1.807, 2.05) is 17.8 Å². The number of carbonyl (C=O) groups excluding carboxylic acids is 1. The van der Waals surface area contributed by atoms with E-state index in [-0.39, 0.29) is 5.91 Å². The molecule has 2 rings (SSSR count). The third-order valence-corrected chi connectivity index (χ3v) is 2.73. The minimum absolute atomic E-state index is 0.229. The maximum absolute atomic E-state index is 11.9. The van der Waals surface area contributed by atoms with Crippen molar-refractivity contribution in [1.82, 2.24) is 14.9 Å². The van der Waals surface area contributed by atoms with Gasteiger partial charge in [-0.15, -0.1) is 0 Å². The van der Waals surface area contributed by atoms with Crippen molar-refractivity contribution in [2.45, 2.75) is 6.54 Å². The zero-order chi connectivity index (χ0) is 13.1. The van der Waals surface area contributed by atoms with Gasteiger partial charge >= 0.3 is 0 Å². The molecule has 0 bridgehead atoms. The summed E-state index contributed by atoms with van der Waals surface area (Å²) in [6.45, 7) is 0.356. The fraction of sp³-hybridized carbons (Fsp3) is 0.167. The number of halogens is 1. The standard InChI is InChI=1S/C12H13ClN4O/c1-17-3-2-15-11(17)7-16-12(18)8-4-9(13)6-10(14)5-8/h2-6H,7,14H2,1H3,(H,16,18). The third kappa shape index (κ3) is 2.81. The molecule has 1 aromatic carbocycles. The number of benzene rings is 1. The predicted molar refractivity (Wildman–Crippen MR) is 70.2 cm³/mol. The number of nitrogens with one attached hydrogen (secondary N) is 1. The molecular formula is C12H13ClN4O. The maximum atomic E-state index is 11.9. The molecule has 0 unspecified atom stereocenters. The van der Waals surface area contributed by atoms with Crippen molar-refractivity contribution < 1.29 is 4.79 Å². The van der Waals surface area contributed by atoms with E-state index in [1.165, 1.54) is 0 Å². The number of imidazole rings is 1. The van der Waals surface area contributed by atoms with Crippen LogP contribution < -0.4 is 11.1 Å². The van der Waals surface area contributed by atoms with E-state index >= 15 is 0 Å². The molecule has 0 fully saturated rings. The highest BCUT2D eigenvalue weighted by Crippen LogP contribution is 2.16. The van der Waals surface area contributed by atoms with Crippen LogP contribution >= 0.6 is 11.6 Å². The topological polar surface area (TPSA) is 72.9 Å². The van der Waals surface area contributed by atoms with E-state index in [2.05, 4.69) is 10.3 Å². The van der Waals surface area contributed by atoms with Crippen LogP contribution in [-0.2, 0) is 13.6 Å². The number of carbonyl (C=O) groups is 1. The molecule has 94 valence electrons. The minimum atomic E-state index is -0.229. The van der Waals surface area contributed by atoms with Gasteiger partial charge in [0.05, 0.1) is 6.54 Å². The first-order valence-electron chi connectivity index (χ1n) is 5.37. The number of rotatable bonds is 3. The molecule has 3 N–H and O–H groups in total. The van der Waals surface area contributed by atoms with Crippen LogP contribution in [0.1, 0.15) is 16.2 Å². The number of anilines is 1. The van der Waals surface area contributed by atoms with Gasteiger partial charge in [0.15, 0.2) is 0 Å². The van der Waals surface area contributed by atoms with Gasteiger partial charge in [0.2, 0.25) is 0 Å². The van der Waals surface area contributed by atoms with Crippen molar-refractivity contribution in [3.05, 3.63) is 47.0 Å².